The van der Waals surface area contributed by atoms with Crippen molar-refractivity contribution >= 4 is 24.0 Å². The Morgan fingerprint density at radius 2 is 1.89 bits per heavy atom. The Hall–Kier alpha value is -2.08. The summed E-state index contributed by atoms with van der Waals surface area (Å²) in [6.45, 7) is 5.63. The molecule has 1 saturated heterocycles. The lowest BCUT2D eigenvalue weighted by atomic mass is 9.90. The molecule has 0 saturated carbocycles. The van der Waals surface area contributed by atoms with Gasteiger partial charge in [0.1, 0.15) is 5.75 Å². The van der Waals surface area contributed by atoms with E-state index in [-0.39, 0.29) is 23.7 Å². The zero-order valence-electron chi connectivity index (χ0n) is 15.7. The summed E-state index contributed by atoms with van der Waals surface area (Å²) in [5.74, 6) is 1.38. The van der Waals surface area contributed by atoms with E-state index >= 15 is 0 Å². The van der Waals surface area contributed by atoms with Crippen LogP contribution in [-0.4, -0.2) is 37.0 Å². The molecule has 2 aromatic carbocycles. The van der Waals surface area contributed by atoms with E-state index in [9.17, 15) is 4.79 Å². The number of halogens is 1. The summed E-state index contributed by atoms with van der Waals surface area (Å²) >= 11 is 0. The number of anilines is 1. The highest BCUT2D eigenvalue weighted by atomic mass is 35.5. The van der Waals surface area contributed by atoms with Gasteiger partial charge in [0.15, 0.2) is 5.75 Å². The van der Waals surface area contributed by atoms with Gasteiger partial charge in [-0.25, -0.2) is 0 Å². The molecule has 1 atom stereocenters. The van der Waals surface area contributed by atoms with Gasteiger partial charge in [-0.15, -0.1) is 12.4 Å². The van der Waals surface area contributed by atoms with Crippen LogP contribution in [0.15, 0.2) is 54.6 Å². The molecule has 6 heteroatoms. The van der Waals surface area contributed by atoms with Crippen LogP contribution >= 0.6 is 12.4 Å². The molecule has 1 heterocycles. The van der Waals surface area contributed by atoms with Crippen LogP contribution in [-0.2, 0) is 4.79 Å². The van der Waals surface area contributed by atoms with Crippen LogP contribution in [0, 0.1) is 5.41 Å². The average Bonchev–Trinajstić information content (AvgIpc) is 3.05. The van der Waals surface area contributed by atoms with Gasteiger partial charge >= 0.3 is 0 Å². The Labute approximate surface area is 167 Å². The maximum atomic E-state index is 12.4. The van der Waals surface area contributed by atoms with Crippen molar-refractivity contribution in [3.8, 4) is 11.5 Å². The van der Waals surface area contributed by atoms with Crippen molar-refractivity contribution in [2.75, 3.05) is 31.5 Å². The molecule has 0 aromatic heterocycles. The Kier molecular flexibility index (Phi) is 7.66. The lowest BCUT2D eigenvalue weighted by Gasteiger charge is -2.22. The zero-order chi connectivity index (χ0) is 18.4. The van der Waals surface area contributed by atoms with Crippen molar-refractivity contribution in [3.05, 3.63) is 54.6 Å². The van der Waals surface area contributed by atoms with Crippen molar-refractivity contribution in [3.63, 3.8) is 0 Å². The fraction of sp³-hybridized carbons (Fsp3) is 0.381. The predicted octanol–water partition coefficient (Wildman–Crippen LogP) is 3.90. The number of nitrogens with two attached hydrogens (primary N) is 1. The summed E-state index contributed by atoms with van der Waals surface area (Å²) in [6, 6.07) is 17.1. The molecule has 2 aromatic rings. The van der Waals surface area contributed by atoms with E-state index in [0.717, 1.165) is 31.8 Å². The molecule has 3 rings (SSSR count). The van der Waals surface area contributed by atoms with Crippen molar-refractivity contribution < 1.29 is 9.53 Å². The highest BCUT2D eigenvalue weighted by molar-refractivity contribution is 5.92. The number of carbonyl (C=O) groups excluding carboxylic acids is 1. The Morgan fingerprint density at radius 1 is 1.19 bits per heavy atom. The van der Waals surface area contributed by atoms with E-state index in [1.165, 1.54) is 0 Å². The minimum Gasteiger partial charge on any atom is -0.455 e. The highest BCUT2D eigenvalue weighted by Crippen LogP contribution is 2.30. The lowest BCUT2D eigenvalue weighted by Crippen LogP contribution is -2.32. The minimum atomic E-state index is -0.00420. The molecule has 146 valence electrons. The third-order valence-electron chi connectivity index (χ3n) is 4.92. The number of para-hydroxylation sites is 3. The summed E-state index contributed by atoms with van der Waals surface area (Å²) < 4.78 is 5.89. The number of likely N-dealkylation sites (tertiary alicyclic amines) is 1. The number of ether oxygens (including phenoxy) is 1. The first-order valence-corrected chi connectivity index (χ1v) is 9.12. The van der Waals surface area contributed by atoms with Crippen LogP contribution in [0.5, 0.6) is 11.5 Å². The maximum absolute atomic E-state index is 12.4. The topological polar surface area (TPSA) is 67.6 Å². The second-order valence-corrected chi connectivity index (χ2v) is 7.25. The van der Waals surface area contributed by atoms with Crippen LogP contribution in [0.1, 0.15) is 19.8 Å². The van der Waals surface area contributed by atoms with Crippen LogP contribution < -0.4 is 15.8 Å². The van der Waals surface area contributed by atoms with Crippen molar-refractivity contribution in [1.29, 1.82) is 0 Å². The summed E-state index contributed by atoms with van der Waals surface area (Å²) in [4.78, 5) is 14.7. The molecule has 3 N–H and O–H groups in total. The van der Waals surface area contributed by atoms with E-state index in [2.05, 4.69) is 17.1 Å². The number of hydrogen-bond donors (Lipinski definition) is 2. The Bertz CT molecular complexity index is 741. The van der Waals surface area contributed by atoms with Gasteiger partial charge in [-0.05, 0) is 49.2 Å². The second-order valence-electron chi connectivity index (χ2n) is 7.25. The normalized spacial score (nSPS) is 19.3. The number of amides is 1. The first-order chi connectivity index (χ1) is 12.6. The number of rotatable bonds is 7. The molecule has 0 radical (unpaired) electrons. The third kappa shape index (κ3) is 5.96. The van der Waals surface area contributed by atoms with Gasteiger partial charge < -0.3 is 20.7 Å². The molecule has 1 amide bonds. The standard InChI is InChI=1S/C21H27N3O2.ClH/c1-21(15-22)12-14-24(16-21)13-11-20(25)23-18-9-5-6-10-19(18)26-17-7-3-2-4-8-17;/h2-10H,11-16,22H2,1H3,(H,23,25);1H. The van der Waals surface area contributed by atoms with E-state index < -0.39 is 0 Å². The number of carbonyl (C=O) groups is 1. The van der Waals surface area contributed by atoms with Crippen molar-refractivity contribution in [2.24, 2.45) is 11.1 Å². The van der Waals surface area contributed by atoms with E-state index in [1.807, 2.05) is 54.6 Å². The van der Waals surface area contributed by atoms with Gasteiger partial charge in [0.05, 0.1) is 5.69 Å². The van der Waals surface area contributed by atoms with Gasteiger partial charge in [-0.3, -0.25) is 4.79 Å². The summed E-state index contributed by atoms with van der Waals surface area (Å²) in [5.41, 5.74) is 6.73. The van der Waals surface area contributed by atoms with Crippen LogP contribution in [0.25, 0.3) is 0 Å². The number of nitrogens with zero attached hydrogens (tertiary/aromatic N) is 1. The molecule has 27 heavy (non-hydrogen) atoms. The number of benzene rings is 2. The molecule has 0 spiro atoms. The largest absolute Gasteiger partial charge is 0.455 e. The van der Waals surface area contributed by atoms with E-state index in [0.29, 0.717) is 24.4 Å². The van der Waals surface area contributed by atoms with E-state index in [4.69, 9.17) is 10.5 Å². The van der Waals surface area contributed by atoms with Gasteiger partial charge in [0, 0.05) is 19.5 Å². The fourth-order valence-corrected chi connectivity index (χ4v) is 3.23. The molecule has 0 aliphatic carbocycles. The molecule has 1 unspecified atom stereocenters. The Morgan fingerprint density at radius 3 is 2.59 bits per heavy atom. The Balaban J connectivity index is 0.00000261. The minimum absolute atomic E-state index is 0. The molecule has 1 aliphatic rings. The average molecular weight is 390 g/mol. The second kappa shape index (κ2) is 9.74. The van der Waals surface area contributed by atoms with Gasteiger partial charge in [-0.1, -0.05) is 37.3 Å². The SMILES string of the molecule is CC1(CN)CCN(CCC(=O)Nc2ccccc2Oc2ccccc2)C1.Cl. The summed E-state index contributed by atoms with van der Waals surface area (Å²) in [6.07, 6.45) is 1.55. The molecule has 1 aliphatic heterocycles. The first kappa shape index (κ1) is 21.2. The number of hydrogen-bond acceptors (Lipinski definition) is 4. The van der Waals surface area contributed by atoms with Crippen LogP contribution in [0.3, 0.4) is 0 Å². The van der Waals surface area contributed by atoms with Crippen LogP contribution in [0.2, 0.25) is 0 Å². The predicted molar refractivity (Wildman–Crippen MR) is 112 cm³/mol. The summed E-state index contributed by atoms with van der Waals surface area (Å²) in [5, 5.41) is 2.97. The molecular weight excluding hydrogens is 362 g/mol. The smallest absolute Gasteiger partial charge is 0.225 e. The highest BCUT2D eigenvalue weighted by Gasteiger charge is 2.32. The molecular formula is C21H28ClN3O2. The zero-order valence-corrected chi connectivity index (χ0v) is 16.5. The maximum Gasteiger partial charge on any atom is 0.225 e. The van der Waals surface area contributed by atoms with Crippen molar-refractivity contribution in [2.45, 2.75) is 19.8 Å². The molecule has 0 bridgehead atoms. The summed E-state index contributed by atoms with van der Waals surface area (Å²) in [7, 11) is 0. The first-order valence-electron chi connectivity index (χ1n) is 9.12. The lowest BCUT2D eigenvalue weighted by molar-refractivity contribution is -0.116. The van der Waals surface area contributed by atoms with Crippen LogP contribution in [0.4, 0.5) is 5.69 Å². The fourth-order valence-electron chi connectivity index (χ4n) is 3.23. The van der Waals surface area contributed by atoms with Crippen molar-refractivity contribution in [1.82, 2.24) is 4.90 Å². The van der Waals surface area contributed by atoms with E-state index in [1.54, 1.807) is 0 Å². The third-order valence-corrected chi connectivity index (χ3v) is 4.92. The van der Waals surface area contributed by atoms with Gasteiger partial charge in [0.2, 0.25) is 5.91 Å². The van der Waals surface area contributed by atoms with Gasteiger partial charge in [0.25, 0.3) is 0 Å². The van der Waals surface area contributed by atoms with Gasteiger partial charge in [-0.2, -0.15) is 0 Å². The molecule has 1 fully saturated rings. The number of nitrogens with one attached hydrogen (secondary N) is 1. The molecule has 5 nitrogen and oxygen atoms in total. The monoisotopic (exact) mass is 389 g/mol. The quantitative estimate of drug-likeness (QED) is 0.753.